The molecule has 0 unspecified atom stereocenters. The second-order valence-corrected chi connectivity index (χ2v) is 12.0. The molecule has 9 rings (SSSR count). The van der Waals surface area contributed by atoms with Gasteiger partial charge in [-0.05, 0) is 105 Å². The third kappa shape index (κ3) is 4.99. The van der Waals surface area contributed by atoms with Crippen molar-refractivity contribution in [1.29, 1.82) is 0 Å². The molecule has 0 bridgehead atoms. The second kappa shape index (κ2) is 11.7. The lowest BCUT2D eigenvalue weighted by atomic mass is 9.98. The second-order valence-electron chi connectivity index (χ2n) is 12.0. The van der Waals surface area contributed by atoms with Gasteiger partial charge in [0.2, 0.25) is 5.89 Å². The van der Waals surface area contributed by atoms with E-state index >= 15 is 0 Å². The molecule has 0 fully saturated rings. The fourth-order valence-corrected chi connectivity index (χ4v) is 6.69. The van der Waals surface area contributed by atoms with E-state index in [4.69, 9.17) is 9.40 Å². The molecule has 48 heavy (non-hydrogen) atoms. The summed E-state index contributed by atoms with van der Waals surface area (Å²) in [6, 6.07) is 64.1. The van der Waals surface area contributed by atoms with Crippen molar-refractivity contribution in [2.24, 2.45) is 0 Å². The van der Waals surface area contributed by atoms with E-state index in [-0.39, 0.29) is 0 Å². The smallest absolute Gasteiger partial charge is 0.227 e. The average Bonchev–Trinajstić information content (AvgIpc) is 3.61. The summed E-state index contributed by atoms with van der Waals surface area (Å²) < 4.78 is 6.27. The summed E-state index contributed by atoms with van der Waals surface area (Å²) in [7, 11) is 0. The Kier molecular flexibility index (Phi) is 6.80. The first-order chi connectivity index (χ1) is 23.8. The molecule has 0 spiro atoms. The predicted octanol–water partition coefficient (Wildman–Crippen LogP) is 12.6. The molecule has 3 heteroatoms. The molecule has 0 radical (unpaired) electrons. The minimum atomic E-state index is 0.643. The van der Waals surface area contributed by atoms with Crippen molar-refractivity contribution in [2.45, 2.75) is 0 Å². The summed E-state index contributed by atoms with van der Waals surface area (Å²) in [5.74, 6) is 0.643. The largest absolute Gasteiger partial charge is 0.435 e. The molecule has 1 heterocycles. The molecule has 8 aromatic carbocycles. The van der Waals surface area contributed by atoms with Crippen molar-refractivity contribution >= 4 is 49.7 Å². The number of aromatic nitrogens is 1. The van der Waals surface area contributed by atoms with E-state index in [9.17, 15) is 0 Å². The van der Waals surface area contributed by atoms with E-state index in [1.165, 1.54) is 21.9 Å². The fraction of sp³-hybridized carbons (Fsp3) is 0. The molecule has 0 aliphatic rings. The molecular weight excluding hydrogens is 585 g/mol. The van der Waals surface area contributed by atoms with Crippen molar-refractivity contribution < 1.29 is 4.42 Å². The van der Waals surface area contributed by atoms with Crippen molar-refractivity contribution in [3.05, 3.63) is 182 Å². The fourth-order valence-electron chi connectivity index (χ4n) is 6.69. The number of hydrogen-bond donors (Lipinski definition) is 0. The summed E-state index contributed by atoms with van der Waals surface area (Å²) in [6.07, 6.45) is 0. The number of anilines is 3. The maximum absolute atomic E-state index is 6.27. The summed E-state index contributed by atoms with van der Waals surface area (Å²) in [5, 5.41) is 4.70. The van der Waals surface area contributed by atoms with Crippen LogP contribution in [0.2, 0.25) is 0 Å². The number of benzene rings is 8. The molecule has 0 aliphatic carbocycles. The lowest BCUT2D eigenvalue weighted by molar-refractivity contribution is 0.623. The Morgan fingerprint density at radius 3 is 1.79 bits per heavy atom. The maximum Gasteiger partial charge on any atom is 0.227 e. The molecule has 0 aliphatic heterocycles. The van der Waals surface area contributed by atoms with Crippen LogP contribution in [0.15, 0.2) is 186 Å². The Morgan fingerprint density at radius 2 is 1.02 bits per heavy atom. The van der Waals surface area contributed by atoms with E-state index in [2.05, 4.69) is 150 Å². The van der Waals surface area contributed by atoms with E-state index < -0.39 is 0 Å². The van der Waals surface area contributed by atoms with E-state index in [0.717, 1.165) is 55.6 Å². The standard InChI is InChI=1S/C45H30N2O/c1-3-11-34(12-4-1)45-46-43-29-23-36-30-35(22-28-42(36)44(43)48-45)31-18-24-38(25-19-31)47(37-14-5-2-6-15-37)39-26-20-33(21-27-39)41-17-9-13-32-10-7-8-16-40(32)41/h1-30H. The van der Waals surface area contributed by atoms with Gasteiger partial charge in [-0.1, -0.05) is 115 Å². The van der Waals surface area contributed by atoms with Crippen molar-refractivity contribution in [3.8, 4) is 33.7 Å². The van der Waals surface area contributed by atoms with Gasteiger partial charge in [0.1, 0.15) is 5.52 Å². The molecule has 0 saturated heterocycles. The quantitative estimate of drug-likeness (QED) is 0.187. The van der Waals surface area contributed by atoms with Gasteiger partial charge in [-0.2, -0.15) is 0 Å². The van der Waals surface area contributed by atoms with Gasteiger partial charge in [0.15, 0.2) is 5.58 Å². The van der Waals surface area contributed by atoms with Crippen LogP contribution in [0.1, 0.15) is 0 Å². The summed E-state index contributed by atoms with van der Waals surface area (Å²) in [6.45, 7) is 0. The van der Waals surface area contributed by atoms with Crippen LogP contribution >= 0.6 is 0 Å². The number of nitrogens with zero attached hydrogens (tertiary/aromatic N) is 2. The van der Waals surface area contributed by atoms with Crippen LogP contribution in [0.3, 0.4) is 0 Å². The highest BCUT2D eigenvalue weighted by atomic mass is 16.3. The number of fused-ring (bicyclic) bond motifs is 4. The Labute approximate surface area is 279 Å². The van der Waals surface area contributed by atoms with Crippen molar-refractivity contribution in [1.82, 2.24) is 4.98 Å². The topological polar surface area (TPSA) is 29.3 Å². The molecule has 1 aromatic heterocycles. The summed E-state index contributed by atoms with van der Waals surface area (Å²) in [4.78, 5) is 7.06. The first-order valence-corrected chi connectivity index (χ1v) is 16.2. The van der Waals surface area contributed by atoms with Crippen molar-refractivity contribution in [2.75, 3.05) is 4.90 Å². The Balaban J connectivity index is 1.05. The van der Waals surface area contributed by atoms with Crippen LogP contribution in [0.4, 0.5) is 17.1 Å². The normalized spacial score (nSPS) is 11.3. The first kappa shape index (κ1) is 27.8. The predicted molar refractivity (Wildman–Crippen MR) is 200 cm³/mol. The van der Waals surface area contributed by atoms with Crippen LogP contribution in [-0.4, -0.2) is 4.98 Å². The van der Waals surface area contributed by atoms with Crippen LogP contribution in [0.5, 0.6) is 0 Å². The highest BCUT2D eigenvalue weighted by molar-refractivity contribution is 6.05. The first-order valence-electron chi connectivity index (χ1n) is 16.2. The molecular formula is C45H30N2O. The maximum atomic E-state index is 6.27. The van der Waals surface area contributed by atoms with E-state index in [1.54, 1.807) is 0 Å². The minimum Gasteiger partial charge on any atom is -0.435 e. The van der Waals surface area contributed by atoms with Gasteiger partial charge in [-0.25, -0.2) is 4.98 Å². The van der Waals surface area contributed by atoms with Gasteiger partial charge in [-0.15, -0.1) is 0 Å². The Bertz CT molecular complexity index is 2530. The molecule has 0 N–H and O–H groups in total. The molecule has 9 aromatic rings. The van der Waals surface area contributed by atoms with E-state index in [1.807, 2.05) is 36.4 Å². The van der Waals surface area contributed by atoms with E-state index in [0.29, 0.717) is 5.89 Å². The molecule has 0 amide bonds. The summed E-state index contributed by atoms with van der Waals surface area (Å²) in [5.41, 5.74) is 10.7. The van der Waals surface area contributed by atoms with Crippen LogP contribution in [-0.2, 0) is 0 Å². The minimum absolute atomic E-state index is 0.643. The lowest BCUT2D eigenvalue weighted by Gasteiger charge is -2.26. The number of para-hydroxylation sites is 1. The molecule has 3 nitrogen and oxygen atoms in total. The Morgan fingerprint density at radius 1 is 0.396 bits per heavy atom. The average molecular weight is 615 g/mol. The monoisotopic (exact) mass is 614 g/mol. The number of hydrogen-bond acceptors (Lipinski definition) is 3. The third-order valence-corrected chi connectivity index (χ3v) is 9.09. The lowest BCUT2D eigenvalue weighted by Crippen LogP contribution is -2.09. The molecule has 226 valence electrons. The molecule has 0 saturated carbocycles. The SMILES string of the molecule is c1ccc(-c2nc3ccc4cc(-c5ccc(N(c6ccccc6)c6ccc(-c7cccc8ccccc78)cc6)cc5)ccc4c3o2)cc1. The zero-order valence-electron chi connectivity index (χ0n) is 26.1. The molecule has 0 atom stereocenters. The number of rotatable bonds is 6. The van der Waals surface area contributed by atoms with Crippen LogP contribution in [0.25, 0.3) is 66.4 Å². The zero-order chi connectivity index (χ0) is 31.9. The van der Waals surface area contributed by atoms with Gasteiger partial charge in [0.25, 0.3) is 0 Å². The van der Waals surface area contributed by atoms with Gasteiger partial charge in [0.05, 0.1) is 0 Å². The van der Waals surface area contributed by atoms with Crippen LogP contribution < -0.4 is 4.90 Å². The highest BCUT2D eigenvalue weighted by Crippen LogP contribution is 2.38. The summed E-state index contributed by atoms with van der Waals surface area (Å²) >= 11 is 0. The third-order valence-electron chi connectivity index (χ3n) is 9.09. The van der Waals surface area contributed by atoms with Gasteiger partial charge in [-0.3, -0.25) is 0 Å². The Hall–Kier alpha value is -6.45. The number of oxazole rings is 1. The zero-order valence-corrected chi connectivity index (χ0v) is 26.1. The van der Waals surface area contributed by atoms with Gasteiger partial charge >= 0.3 is 0 Å². The van der Waals surface area contributed by atoms with Gasteiger partial charge < -0.3 is 9.32 Å². The highest BCUT2D eigenvalue weighted by Gasteiger charge is 2.15. The van der Waals surface area contributed by atoms with Crippen LogP contribution in [0, 0.1) is 0 Å². The van der Waals surface area contributed by atoms with Gasteiger partial charge in [0, 0.05) is 28.0 Å². The van der Waals surface area contributed by atoms with Crippen molar-refractivity contribution in [3.63, 3.8) is 0 Å².